The van der Waals surface area contributed by atoms with Crippen LogP contribution in [0.2, 0.25) is 0 Å². The minimum Gasteiger partial charge on any atom is -0.496 e. The number of hydrogen-bond donors (Lipinski definition) is 1. The molecule has 0 radical (unpaired) electrons. The van der Waals surface area contributed by atoms with Crippen molar-refractivity contribution in [2.75, 3.05) is 12.9 Å². The SMILES string of the molecule is CCn1c(SCC(=O)N/N=C/c2ccccc2OC)nnc1-c1ccccc1. The molecule has 0 aliphatic rings. The number of carbonyl (C=O) groups excluding carboxylic acids is 1. The van der Waals surface area contributed by atoms with Crippen LogP contribution in [0.1, 0.15) is 12.5 Å². The van der Waals surface area contributed by atoms with Crippen LogP contribution in [0.15, 0.2) is 64.9 Å². The molecule has 1 N–H and O–H groups in total. The van der Waals surface area contributed by atoms with Gasteiger partial charge in [0.1, 0.15) is 5.75 Å². The van der Waals surface area contributed by atoms with Crippen molar-refractivity contribution in [3.05, 3.63) is 60.2 Å². The largest absolute Gasteiger partial charge is 0.496 e. The Balaban J connectivity index is 1.59. The zero-order valence-corrected chi connectivity index (χ0v) is 16.5. The highest BCUT2D eigenvalue weighted by Gasteiger charge is 2.14. The number of amides is 1. The summed E-state index contributed by atoms with van der Waals surface area (Å²) >= 11 is 1.33. The van der Waals surface area contributed by atoms with Crippen LogP contribution in [0.5, 0.6) is 5.75 Å². The average molecular weight is 395 g/mol. The second-order valence-electron chi connectivity index (χ2n) is 5.74. The van der Waals surface area contributed by atoms with E-state index < -0.39 is 0 Å². The predicted octanol–water partition coefficient (Wildman–Crippen LogP) is 3.22. The molecule has 0 atom stereocenters. The van der Waals surface area contributed by atoms with Gasteiger partial charge in [-0.1, -0.05) is 54.2 Å². The summed E-state index contributed by atoms with van der Waals surface area (Å²) < 4.78 is 7.24. The molecule has 0 aliphatic carbocycles. The van der Waals surface area contributed by atoms with E-state index in [1.54, 1.807) is 13.3 Å². The molecule has 28 heavy (non-hydrogen) atoms. The molecule has 0 aliphatic heterocycles. The fraction of sp³-hybridized carbons (Fsp3) is 0.200. The Hall–Kier alpha value is -3.13. The van der Waals surface area contributed by atoms with Gasteiger partial charge >= 0.3 is 0 Å². The fourth-order valence-corrected chi connectivity index (χ4v) is 3.39. The van der Waals surface area contributed by atoms with E-state index in [0.29, 0.717) is 17.5 Å². The third-order valence-electron chi connectivity index (χ3n) is 3.93. The molecule has 0 bridgehead atoms. The van der Waals surface area contributed by atoms with Crippen molar-refractivity contribution in [1.29, 1.82) is 0 Å². The van der Waals surface area contributed by atoms with Gasteiger partial charge in [-0.2, -0.15) is 5.10 Å². The molecule has 1 heterocycles. The molecular formula is C20H21N5O2S. The summed E-state index contributed by atoms with van der Waals surface area (Å²) in [4.78, 5) is 12.1. The third kappa shape index (κ3) is 4.77. The molecule has 0 saturated heterocycles. The standard InChI is InChI=1S/C20H21N5O2S/c1-3-25-19(15-9-5-4-6-10-15)23-24-20(25)28-14-18(26)22-21-13-16-11-7-8-12-17(16)27-2/h4-13H,3,14H2,1-2H3,(H,22,26)/b21-13+. The second kappa shape index (κ2) is 9.70. The molecule has 1 amide bonds. The van der Waals surface area contributed by atoms with Gasteiger partial charge in [-0.05, 0) is 19.1 Å². The van der Waals surface area contributed by atoms with Crippen molar-refractivity contribution >= 4 is 23.9 Å². The number of nitrogens with one attached hydrogen (secondary N) is 1. The Morgan fingerprint density at radius 2 is 1.93 bits per heavy atom. The van der Waals surface area contributed by atoms with Crippen molar-refractivity contribution in [3.8, 4) is 17.1 Å². The minimum atomic E-state index is -0.219. The molecule has 144 valence electrons. The van der Waals surface area contributed by atoms with Crippen LogP contribution in [0.25, 0.3) is 11.4 Å². The van der Waals surface area contributed by atoms with Gasteiger partial charge in [-0.25, -0.2) is 5.43 Å². The van der Waals surface area contributed by atoms with Gasteiger partial charge in [0.05, 0.1) is 19.1 Å². The number of benzene rings is 2. The Morgan fingerprint density at radius 3 is 2.68 bits per heavy atom. The number of para-hydroxylation sites is 1. The number of nitrogens with zero attached hydrogens (tertiary/aromatic N) is 4. The Bertz CT molecular complexity index is 956. The number of aromatic nitrogens is 3. The zero-order chi connectivity index (χ0) is 19.8. The number of hydrazone groups is 1. The molecule has 3 rings (SSSR count). The van der Waals surface area contributed by atoms with E-state index in [1.165, 1.54) is 11.8 Å². The van der Waals surface area contributed by atoms with Gasteiger partial charge < -0.3 is 9.30 Å². The minimum absolute atomic E-state index is 0.191. The maximum absolute atomic E-state index is 12.1. The first-order valence-electron chi connectivity index (χ1n) is 8.79. The number of ether oxygens (including phenoxy) is 1. The smallest absolute Gasteiger partial charge is 0.250 e. The fourth-order valence-electron chi connectivity index (χ4n) is 2.59. The van der Waals surface area contributed by atoms with Crippen LogP contribution in [0.3, 0.4) is 0 Å². The molecule has 0 saturated carbocycles. The Morgan fingerprint density at radius 1 is 1.18 bits per heavy atom. The van der Waals surface area contributed by atoms with Crippen LogP contribution in [0, 0.1) is 0 Å². The number of methoxy groups -OCH3 is 1. The van der Waals surface area contributed by atoms with E-state index in [9.17, 15) is 4.79 Å². The molecule has 3 aromatic rings. The van der Waals surface area contributed by atoms with Crippen molar-refractivity contribution < 1.29 is 9.53 Å². The lowest BCUT2D eigenvalue weighted by Gasteiger charge is -2.07. The van der Waals surface area contributed by atoms with E-state index in [1.807, 2.05) is 66.1 Å². The highest BCUT2D eigenvalue weighted by molar-refractivity contribution is 7.99. The first kappa shape index (κ1) is 19.6. The van der Waals surface area contributed by atoms with Gasteiger partial charge in [0, 0.05) is 17.7 Å². The molecule has 0 fully saturated rings. The normalized spacial score (nSPS) is 10.9. The molecule has 2 aromatic carbocycles. The molecular weight excluding hydrogens is 374 g/mol. The summed E-state index contributed by atoms with van der Waals surface area (Å²) in [7, 11) is 1.59. The molecule has 0 spiro atoms. The maximum Gasteiger partial charge on any atom is 0.250 e. The summed E-state index contributed by atoms with van der Waals surface area (Å²) in [5.74, 6) is 1.46. The summed E-state index contributed by atoms with van der Waals surface area (Å²) in [5.41, 5.74) is 4.31. The van der Waals surface area contributed by atoms with Crippen molar-refractivity contribution in [2.24, 2.45) is 5.10 Å². The van der Waals surface area contributed by atoms with Gasteiger partial charge in [0.15, 0.2) is 11.0 Å². The lowest BCUT2D eigenvalue weighted by atomic mass is 10.2. The molecule has 0 unspecified atom stereocenters. The molecule has 1 aromatic heterocycles. The lowest BCUT2D eigenvalue weighted by molar-refractivity contribution is -0.118. The zero-order valence-electron chi connectivity index (χ0n) is 15.7. The highest BCUT2D eigenvalue weighted by Crippen LogP contribution is 2.23. The highest BCUT2D eigenvalue weighted by atomic mass is 32.2. The summed E-state index contributed by atoms with van der Waals surface area (Å²) in [6.45, 7) is 2.74. The first-order valence-corrected chi connectivity index (χ1v) is 9.77. The van der Waals surface area contributed by atoms with E-state index >= 15 is 0 Å². The van der Waals surface area contributed by atoms with Crippen molar-refractivity contribution in [3.63, 3.8) is 0 Å². The third-order valence-corrected chi connectivity index (χ3v) is 4.90. The van der Waals surface area contributed by atoms with Crippen LogP contribution in [0.4, 0.5) is 0 Å². The maximum atomic E-state index is 12.1. The van der Waals surface area contributed by atoms with E-state index in [2.05, 4.69) is 20.7 Å². The number of thioether (sulfide) groups is 1. The van der Waals surface area contributed by atoms with Crippen molar-refractivity contribution in [2.45, 2.75) is 18.6 Å². The predicted molar refractivity (Wildman–Crippen MR) is 111 cm³/mol. The van der Waals surface area contributed by atoms with E-state index in [0.717, 1.165) is 17.0 Å². The second-order valence-corrected chi connectivity index (χ2v) is 6.68. The number of hydrogen-bond acceptors (Lipinski definition) is 6. The number of carbonyl (C=O) groups is 1. The monoisotopic (exact) mass is 395 g/mol. The first-order chi connectivity index (χ1) is 13.7. The topological polar surface area (TPSA) is 81.4 Å². The average Bonchev–Trinajstić information content (AvgIpc) is 3.16. The summed E-state index contributed by atoms with van der Waals surface area (Å²) in [5, 5.41) is 13.2. The Labute approximate surface area is 167 Å². The van der Waals surface area contributed by atoms with Gasteiger partial charge in [0.2, 0.25) is 0 Å². The van der Waals surface area contributed by atoms with E-state index in [4.69, 9.17) is 4.74 Å². The van der Waals surface area contributed by atoms with Crippen LogP contribution in [-0.2, 0) is 11.3 Å². The summed E-state index contributed by atoms with van der Waals surface area (Å²) in [6.07, 6.45) is 1.56. The quantitative estimate of drug-likeness (QED) is 0.360. The van der Waals surface area contributed by atoms with Crippen molar-refractivity contribution in [1.82, 2.24) is 20.2 Å². The van der Waals surface area contributed by atoms with Crippen LogP contribution in [-0.4, -0.2) is 39.7 Å². The Kier molecular flexibility index (Phi) is 6.80. The summed E-state index contributed by atoms with van der Waals surface area (Å²) in [6, 6.07) is 17.3. The lowest BCUT2D eigenvalue weighted by Crippen LogP contribution is -2.20. The van der Waals surface area contributed by atoms with Gasteiger partial charge in [0.25, 0.3) is 5.91 Å². The molecule has 8 heteroatoms. The van der Waals surface area contributed by atoms with Crippen LogP contribution >= 0.6 is 11.8 Å². The number of rotatable bonds is 8. The van der Waals surface area contributed by atoms with Crippen LogP contribution < -0.4 is 10.2 Å². The van der Waals surface area contributed by atoms with Gasteiger partial charge in [-0.15, -0.1) is 10.2 Å². The van der Waals surface area contributed by atoms with E-state index in [-0.39, 0.29) is 11.7 Å². The molecule has 7 nitrogen and oxygen atoms in total. The van der Waals surface area contributed by atoms with Gasteiger partial charge in [-0.3, -0.25) is 4.79 Å².